The summed E-state index contributed by atoms with van der Waals surface area (Å²) in [4.78, 5) is 0. The average molecular weight is 293 g/mol. The van der Waals surface area contributed by atoms with Crippen LogP contribution in [0.15, 0.2) is 84.9 Å². The molecule has 4 aromatic rings. The Morgan fingerprint density at radius 3 is 2.05 bits per heavy atom. The molecular formula is C21H16Mg. The van der Waals surface area contributed by atoms with E-state index in [-0.39, 0.29) is 23.1 Å². The van der Waals surface area contributed by atoms with Crippen LogP contribution in [0.3, 0.4) is 0 Å². The molecule has 0 heterocycles. The molecule has 0 aliphatic carbocycles. The average Bonchev–Trinajstić information content (AvgIpc) is 2.56. The van der Waals surface area contributed by atoms with Gasteiger partial charge in [0, 0.05) is 0 Å². The molecule has 0 radical (unpaired) electrons. The van der Waals surface area contributed by atoms with E-state index in [0.29, 0.717) is 0 Å². The van der Waals surface area contributed by atoms with Crippen molar-refractivity contribution in [3.05, 3.63) is 103 Å². The Labute approximate surface area is 147 Å². The molecule has 4 rings (SSSR count). The van der Waals surface area contributed by atoms with Crippen LogP contribution in [0.4, 0.5) is 0 Å². The number of benzene rings is 4. The van der Waals surface area contributed by atoms with Crippen molar-refractivity contribution >= 4 is 44.6 Å². The fourth-order valence-electron chi connectivity index (χ4n) is 2.36. The number of hydrogen-bond donors (Lipinski definition) is 0. The van der Waals surface area contributed by atoms with E-state index in [1.807, 2.05) is 48.5 Å². The zero-order chi connectivity index (χ0) is 14.5. The summed E-state index contributed by atoms with van der Waals surface area (Å²) in [7, 11) is 0. The van der Waals surface area contributed by atoms with E-state index in [1.165, 1.54) is 21.5 Å². The minimum Gasteiger partial charge on any atom is -0.198 e. The van der Waals surface area contributed by atoms with Gasteiger partial charge in [-0.2, -0.15) is 18.6 Å². The standard InChI is InChI=1S/C11H9.C10H7.Mg/c1-9-5-4-7-10-6-2-3-8-11(9)10;1-2-6-10-8-4-3-7-9(10)5-1;/h2-8H,1H2;1-7H;/q2*-1;+2. The molecule has 0 aromatic heterocycles. The van der Waals surface area contributed by atoms with Crippen LogP contribution in [0, 0.1) is 13.0 Å². The van der Waals surface area contributed by atoms with Gasteiger partial charge >= 0.3 is 23.1 Å². The second-order valence-electron chi connectivity index (χ2n) is 4.90. The Kier molecular flexibility index (Phi) is 5.88. The molecule has 102 valence electrons. The molecule has 0 saturated heterocycles. The second-order valence-corrected chi connectivity index (χ2v) is 4.90. The molecule has 22 heavy (non-hydrogen) atoms. The zero-order valence-corrected chi connectivity index (χ0v) is 13.9. The first-order valence-electron chi connectivity index (χ1n) is 7.00. The van der Waals surface area contributed by atoms with Crippen LogP contribution in [0.25, 0.3) is 21.5 Å². The summed E-state index contributed by atoms with van der Waals surface area (Å²) in [6.45, 7) is 3.95. The fourth-order valence-corrected chi connectivity index (χ4v) is 2.36. The van der Waals surface area contributed by atoms with E-state index in [2.05, 4.69) is 49.4 Å². The minimum absolute atomic E-state index is 0. The zero-order valence-electron chi connectivity index (χ0n) is 12.5. The molecule has 0 atom stereocenters. The molecule has 0 fully saturated rings. The van der Waals surface area contributed by atoms with Gasteiger partial charge in [-0.3, -0.25) is 0 Å². The van der Waals surface area contributed by atoms with E-state index in [0.717, 1.165) is 5.56 Å². The molecule has 4 aromatic carbocycles. The van der Waals surface area contributed by atoms with Crippen molar-refractivity contribution in [3.8, 4) is 0 Å². The van der Waals surface area contributed by atoms with Crippen LogP contribution in [0.5, 0.6) is 0 Å². The quantitative estimate of drug-likeness (QED) is 0.305. The summed E-state index contributed by atoms with van der Waals surface area (Å²) >= 11 is 0. The van der Waals surface area contributed by atoms with E-state index in [1.54, 1.807) is 0 Å². The van der Waals surface area contributed by atoms with Crippen LogP contribution in [-0.4, -0.2) is 23.1 Å². The molecule has 0 amide bonds. The number of hydrogen-bond acceptors (Lipinski definition) is 0. The van der Waals surface area contributed by atoms with Gasteiger partial charge in [-0.05, 0) is 0 Å². The van der Waals surface area contributed by atoms with Crippen molar-refractivity contribution in [1.82, 2.24) is 0 Å². The molecule has 0 spiro atoms. The van der Waals surface area contributed by atoms with Gasteiger partial charge in [-0.1, -0.05) is 41.8 Å². The van der Waals surface area contributed by atoms with Crippen LogP contribution < -0.4 is 0 Å². The molecule has 0 aliphatic heterocycles. The molecule has 1 heteroatoms. The van der Waals surface area contributed by atoms with Crippen LogP contribution >= 0.6 is 0 Å². The fraction of sp³-hybridized carbons (Fsp3) is 0. The van der Waals surface area contributed by atoms with Gasteiger partial charge in [0.25, 0.3) is 0 Å². The summed E-state index contributed by atoms with van der Waals surface area (Å²) < 4.78 is 0. The van der Waals surface area contributed by atoms with Gasteiger partial charge in [0.15, 0.2) is 0 Å². The first-order valence-corrected chi connectivity index (χ1v) is 7.00. The van der Waals surface area contributed by atoms with Crippen LogP contribution in [-0.2, 0) is 0 Å². The monoisotopic (exact) mass is 292 g/mol. The van der Waals surface area contributed by atoms with E-state index >= 15 is 0 Å². The first kappa shape index (κ1) is 16.4. The predicted molar refractivity (Wildman–Crippen MR) is 96.9 cm³/mol. The maximum atomic E-state index is 3.95. The van der Waals surface area contributed by atoms with Crippen LogP contribution in [0.1, 0.15) is 5.56 Å². The Morgan fingerprint density at radius 1 is 0.636 bits per heavy atom. The van der Waals surface area contributed by atoms with E-state index in [4.69, 9.17) is 0 Å². The summed E-state index contributed by atoms with van der Waals surface area (Å²) in [6, 6.07) is 31.8. The molecule has 0 saturated carbocycles. The molecular weight excluding hydrogens is 277 g/mol. The van der Waals surface area contributed by atoms with Crippen molar-refractivity contribution in [2.24, 2.45) is 0 Å². The Hall–Kier alpha value is -1.96. The largest absolute Gasteiger partial charge is 2.00 e. The number of fused-ring (bicyclic) bond motifs is 2. The van der Waals surface area contributed by atoms with Crippen molar-refractivity contribution in [3.63, 3.8) is 0 Å². The Bertz CT molecular complexity index is 794. The maximum Gasteiger partial charge on any atom is 2.00 e. The third-order valence-corrected chi connectivity index (χ3v) is 3.45. The molecule has 0 N–H and O–H groups in total. The summed E-state index contributed by atoms with van der Waals surface area (Å²) in [5.41, 5.74) is 1.10. The van der Waals surface area contributed by atoms with E-state index < -0.39 is 0 Å². The molecule has 0 aliphatic rings. The second kappa shape index (κ2) is 7.88. The Morgan fingerprint density at radius 2 is 1.27 bits per heavy atom. The van der Waals surface area contributed by atoms with E-state index in [9.17, 15) is 0 Å². The van der Waals surface area contributed by atoms with Gasteiger partial charge in [-0.15, -0.1) is 64.7 Å². The van der Waals surface area contributed by atoms with Crippen molar-refractivity contribution in [2.75, 3.05) is 0 Å². The molecule has 0 bridgehead atoms. The third kappa shape index (κ3) is 3.82. The van der Waals surface area contributed by atoms with Crippen molar-refractivity contribution < 1.29 is 0 Å². The minimum atomic E-state index is 0. The van der Waals surface area contributed by atoms with Gasteiger partial charge in [0.1, 0.15) is 0 Å². The summed E-state index contributed by atoms with van der Waals surface area (Å²) in [5, 5.41) is 4.95. The molecule has 0 nitrogen and oxygen atoms in total. The topological polar surface area (TPSA) is 0 Å². The smallest absolute Gasteiger partial charge is 0.198 e. The summed E-state index contributed by atoms with van der Waals surface area (Å²) in [5.74, 6) is 0. The van der Waals surface area contributed by atoms with Crippen molar-refractivity contribution in [1.29, 1.82) is 0 Å². The van der Waals surface area contributed by atoms with Gasteiger partial charge < -0.3 is 0 Å². The SMILES string of the molecule is [CH2-]c1cccc2ccccc12.[Mg+2].[c-]1cccc2ccccc12. The first-order chi connectivity index (χ1) is 10.3. The third-order valence-electron chi connectivity index (χ3n) is 3.45. The van der Waals surface area contributed by atoms with Gasteiger partial charge in [-0.25, -0.2) is 0 Å². The van der Waals surface area contributed by atoms with Gasteiger partial charge in [0.2, 0.25) is 0 Å². The van der Waals surface area contributed by atoms with Crippen molar-refractivity contribution in [2.45, 2.75) is 0 Å². The van der Waals surface area contributed by atoms with Gasteiger partial charge in [0.05, 0.1) is 0 Å². The normalized spacial score (nSPS) is 9.64. The maximum absolute atomic E-state index is 3.95. The predicted octanol–water partition coefficient (Wildman–Crippen LogP) is 5.28. The Balaban J connectivity index is 0.000000154. The summed E-state index contributed by atoms with van der Waals surface area (Å²) in [6.07, 6.45) is 0. The molecule has 0 unspecified atom stereocenters. The van der Waals surface area contributed by atoms with Crippen LogP contribution in [0.2, 0.25) is 0 Å². The number of rotatable bonds is 0.